The Morgan fingerprint density at radius 1 is 0.865 bits per heavy atom. The van der Waals surface area contributed by atoms with E-state index in [9.17, 15) is 28.8 Å². The predicted octanol–water partition coefficient (Wildman–Crippen LogP) is 3.79. The van der Waals surface area contributed by atoms with Gasteiger partial charge in [0.05, 0.1) is 16.8 Å². The number of nitrogens with zero attached hydrogens (tertiary/aromatic N) is 1. The van der Waals surface area contributed by atoms with Crippen LogP contribution in [0.3, 0.4) is 0 Å². The quantitative estimate of drug-likeness (QED) is 0.238. The average molecular weight is 514 g/mol. The molecule has 2 aliphatic heterocycles. The van der Waals surface area contributed by atoms with E-state index in [-0.39, 0.29) is 42.0 Å². The second-order valence-corrected chi connectivity index (χ2v) is 9.65. The Kier molecular flexibility index (Phi) is 10.3. The van der Waals surface area contributed by atoms with Gasteiger partial charge in [-0.05, 0) is 31.4 Å². The van der Waals surface area contributed by atoms with Crippen LogP contribution < -0.4 is 10.6 Å². The van der Waals surface area contributed by atoms with Crippen molar-refractivity contribution in [1.29, 1.82) is 0 Å². The summed E-state index contributed by atoms with van der Waals surface area (Å²) in [5, 5.41) is 13.5. The Balaban J connectivity index is 1.38. The molecule has 200 valence electrons. The summed E-state index contributed by atoms with van der Waals surface area (Å²) in [5.74, 6) is -3.34. The molecule has 10 nitrogen and oxygen atoms in total. The summed E-state index contributed by atoms with van der Waals surface area (Å²) in [6.07, 6.45) is 10.6. The monoisotopic (exact) mass is 513 g/mol. The lowest BCUT2D eigenvalue weighted by molar-refractivity contribution is -0.138. The van der Waals surface area contributed by atoms with Crippen molar-refractivity contribution in [2.45, 2.75) is 95.9 Å². The first kappa shape index (κ1) is 28.0. The van der Waals surface area contributed by atoms with E-state index in [0.717, 1.165) is 62.7 Å². The van der Waals surface area contributed by atoms with Crippen molar-refractivity contribution in [1.82, 2.24) is 10.2 Å². The van der Waals surface area contributed by atoms with Gasteiger partial charge in [-0.15, -0.1) is 0 Å². The molecule has 5 amide bonds. The SMILES string of the molecule is O=C(O)CCCCCCCCCCCCC(=O)Nc1cccc2c1C(=O)N(C1CCC(=O)NC1=O)C2=O. The third-order valence-corrected chi connectivity index (χ3v) is 6.79. The lowest BCUT2D eigenvalue weighted by atomic mass is 10.0. The fourth-order valence-electron chi connectivity index (χ4n) is 4.81. The van der Waals surface area contributed by atoms with Crippen molar-refractivity contribution in [3.05, 3.63) is 29.3 Å². The zero-order valence-electron chi connectivity index (χ0n) is 21.1. The Hall–Kier alpha value is -3.56. The summed E-state index contributed by atoms with van der Waals surface area (Å²) in [4.78, 5) is 73.5. The molecule has 0 aliphatic carbocycles. The maximum atomic E-state index is 13.1. The van der Waals surface area contributed by atoms with E-state index in [1.54, 1.807) is 12.1 Å². The number of hydrogen-bond donors (Lipinski definition) is 3. The first-order valence-corrected chi connectivity index (χ1v) is 13.2. The molecule has 1 atom stereocenters. The second-order valence-electron chi connectivity index (χ2n) is 9.65. The van der Waals surface area contributed by atoms with Gasteiger partial charge in [0.15, 0.2) is 0 Å². The Morgan fingerprint density at radius 3 is 2.05 bits per heavy atom. The van der Waals surface area contributed by atoms with Gasteiger partial charge in [0.25, 0.3) is 11.8 Å². The Morgan fingerprint density at radius 2 is 1.46 bits per heavy atom. The fraction of sp³-hybridized carbons (Fsp3) is 0.556. The molecule has 0 aromatic heterocycles. The van der Waals surface area contributed by atoms with Gasteiger partial charge in [-0.2, -0.15) is 0 Å². The molecule has 0 bridgehead atoms. The summed E-state index contributed by atoms with van der Waals surface area (Å²) in [5.41, 5.74) is 0.460. The van der Waals surface area contributed by atoms with Crippen molar-refractivity contribution in [3.8, 4) is 0 Å². The van der Waals surface area contributed by atoms with Crippen molar-refractivity contribution in [2.24, 2.45) is 0 Å². The molecule has 0 saturated carbocycles. The zero-order valence-corrected chi connectivity index (χ0v) is 21.1. The van der Waals surface area contributed by atoms with Crippen LogP contribution in [0.1, 0.15) is 111 Å². The molecule has 2 aliphatic rings. The van der Waals surface area contributed by atoms with Gasteiger partial charge in [0.2, 0.25) is 17.7 Å². The number of rotatable bonds is 15. The summed E-state index contributed by atoms with van der Waals surface area (Å²) in [6.45, 7) is 0. The van der Waals surface area contributed by atoms with Crippen LogP contribution in [0.4, 0.5) is 5.69 Å². The third-order valence-electron chi connectivity index (χ3n) is 6.79. The minimum atomic E-state index is -1.05. The number of amides is 5. The molecule has 37 heavy (non-hydrogen) atoms. The van der Waals surface area contributed by atoms with Gasteiger partial charge in [-0.1, -0.05) is 57.4 Å². The number of nitrogens with one attached hydrogen (secondary N) is 2. The van der Waals surface area contributed by atoms with Crippen molar-refractivity contribution in [2.75, 3.05) is 5.32 Å². The number of benzene rings is 1. The normalized spacial score (nSPS) is 17.1. The van der Waals surface area contributed by atoms with Gasteiger partial charge in [0.1, 0.15) is 6.04 Å². The largest absolute Gasteiger partial charge is 0.481 e. The number of carbonyl (C=O) groups is 6. The van der Waals surface area contributed by atoms with E-state index >= 15 is 0 Å². The van der Waals surface area contributed by atoms with E-state index in [4.69, 9.17) is 5.11 Å². The lowest BCUT2D eigenvalue weighted by Crippen LogP contribution is -2.54. The molecule has 3 N–H and O–H groups in total. The number of aliphatic carboxylic acids is 1. The number of imide groups is 2. The Labute approximate surface area is 216 Å². The topological polar surface area (TPSA) is 150 Å². The van der Waals surface area contributed by atoms with E-state index < -0.39 is 35.6 Å². The molecule has 0 spiro atoms. The highest BCUT2D eigenvalue weighted by Crippen LogP contribution is 2.32. The average Bonchev–Trinajstić information content (AvgIpc) is 3.10. The van der Waals surface area contributed by atoms with Gasteiger partial charge >= 0.3 is 5.97 Å². The zero-order chi connectivity index (χ0) is 26.8. The molecule has 1 unspecified atom stereocenters. The van der Waals surface area contributed by atoms with Crippen molar-refractivity contribution < 1.29 is 33.9 Å². The molecular formula is C27H35N3O7. The maximum Gasteiger partial charge on any atom is 0.303 e. The van der Waals surface area contributed by atoms with Crippen LogP contribution in [0.15, 0.2) is 18.2 Å². The summed E-state index contributed by atoms with van der Waals surface area (Å²) in [7, 11) is 0. The first-order valence-electron chi connectivity index (χ1n) is 13.2. The molecule has 1 fully saturated rings. The van der Waals surface area contributed by atoms with Gasteiger partial charge in [-0.3, -0.25) is 39.0 Å². The first-order chi connectivity index (χ1) is 17.8. The van der Waals surface area contributed by atoms with E-state index in [0.29, 0.717) is 12.8 Å². The fourth-order valence-corrected chi connectivity index (χ4v) is 4.81. The number of piperidine rings is 1. The number of hydrogen-bond acceptors (Lipinski definition) is 6. The van der Waals surface area contributed by atoms with Gasteiger partial charge in [0, 0.05) is 19.3 Å². The van der Waals surface area contributed by atoms with Crippen molar-refractivity contribution >= 4 is 41.2 Å². The third kappa shape index (κ3) is 7.71. The highest BCUT2D eigenvalue weighted by Gasteiger charge is 2.45. The van der Waals surface area contributed by atoms with Crippen LogP contribution >= 0.6 is 0 Å². The van der Waals surface area contributed by atoms with Crippen LogP contribution in [0, 0.1) is 0 Å². The second kappa shape index (κ2) is 13.7. The van der Waals surface area contributed by atoms with Crippen LogP contribution in [0.25, 0.3) is 0 Å². The number of carboxylic acid groups (broad SMARTS) is 1. The van der Waals surface area contributed by atoms with Crippen molar-refractivity contribution in [3.63, 3.8) is 0 Å². The summed E-state index contributed by atoms with van der Waals surface area (Å²) >= 11 is 0. The van der Waals surface area contributed by atoms with Gasteiger partial charge in [-0.25, -0.2) is 0 Å². The van der Waals surface area contributed by atoms with E-state index in [2.05, 4.69) is 10.6 Å². The van der Waals surface area contributed by atoms with Crippen LogP contribution in [0.5, 0.6) is 0 Å². The lowest BCUT2D eigenvalue weighted by Gasteiger charge is -2.27. The standard InChI is InChI=1S/C27H35N3O7/c31-21(14-9-7-5-3-1-2-4-6-8-10-15-23(33)34)28-19-13-11-12-18-24(19)27(37)30(26(18)36)20-16-17-22(32)29-25(20)35/h11-13,20H,1-10,14-17H2,(H,28,31)(H,33,34)(H,29,32,35). The molecule has 2 heterocycles. The maximum absolute atomic E-state index is 13.1. The minimum absolute atomic E-state index is 0.0437. The number of carboxylic acids is 1. The summed E-state index contributed by atoms with van der Waals surface area (Å²) < 4.78 is 0. The molecule has 0 radical (unpaired) electrons. The van der Waals surface area contributed by atoms with Gasteiger partial charge < -0.3 is 10.4 Å². The number of carbonyl (C=O) groups excluding carboxylic acids is 5. The Bertz CT molecular complexity index is 1050. The number of unbranched alkanes of at least 4 members (excludes halogenated alkanes) is 9. The number of anilines is 1. The van der Waals surface area contributed by atoms with Crippen LogP contribution in [-0.2, 0) is 19.2 Å². The van der Waals surface area contributed by atoms with Crippen LogP contribution in [-0.4, -0.2) is 51.6 Å². The molecule has 3 rings (SSSR count). The molecule has 1 saturated heterocycles. The minimum Gasteiger partial charge on any atom is -0.481 e. The molecular weight excluding hydrogens is 478 g/mol. The highest BCUT2D eigenvalue weighted by molar-refractivity contribution is 6.26. The molecule has 1 aromatic carbocycles. The van der Waals surface area contributed by atoms with E-state index in [1.807, 2.05) is 0 Å². The molecule has 10 heteroatoms. The predicted molar refractivity (Wildman–Crippen MR) is 135 cm³/mol. The molecule has 1 aromatic rings. The van der Waals surface area contributed by atoms with Crippen LogP contribution in [0.2, 0.25) is 0 Å². The highest BCUT2D eigenvalue weighted by atomic mass is 16.4. The number of fused-ring (bicyclic) bond motifs is 1. The summed E-state index contributed by atoms with van der Waals surface area (Å²) in [6, 6.07) is 3.59. The smallest absolute Gasteiger partial charge is 0.303 e. The van der Waals surface area contributed by atoms with E-state index in [1.165, 1.54) is 6.07 Å².